The van der Waals surface area contributed by atoms with Crippen LogP contribution in [0.4, 0.5) is 0 Å². The van der Waals surface area contributed by atoms with Gasteiger partial charge in [-0.2, -0.15) is 0 Å². The number of nitrogens with one attached hydrogen (secondary N) is 1. The molecule has 2 unspecified atom stereocenters. The lowest BCUT2D eigenvalue weighted by Gasteiger charge is -2.27. The molecule has 3 heteroatoms. The molecule has 1 aromatic heterocycles. The third kappa shape index (κ3) is 2.37. The molecule has 0 aliphatic carbocycles. The molecular formula is C15H21N3. The maximum absolute atomic E-state index is 5.76. The third-order valence-corrected chi connectivity index (χ3v) is 3.81. The molecule has 2 atom stereocenters. The summed E-state index contributed by atoms with van der Waals surface area (Å²) in [6, 6.07) is 8.50. The van der Waals surface area contributed by atoms with E-state index in [0.717, 1.165) is 0 Å². The van der Waals surface area contributed by atoms with E-state index in [-0.39, 0.29) is 6.04 Å². The molecule has 0 aliphatic rings. The molecule has 18 heavy (non-hydrogen) atoms. The first kappa shape index (κ1) is 13.0. The quantitative estimate of drug-likeness (QED) is 0.641. The van der Waals surface area contributed by atoms with Crippen LogP contribution in [-0.4, -0.2) is 4.98 Å². The highest BCUT2D eigenvalue weighted by Gasteiger charge is 2.22. The van der Waals surface area contributed by atoms with Crippen molar-refractivity contribution < 1.29 is 0 Å². The Bertz CT molecular complexity index is 517. The smallest absolute Gasteiger partial charge is 0.0494 e. The topological polar surface area (TPSA) is 50.9 Å². The van der Waals surface area contributed by atoms with Gasteiger partial charge in [0.2, 0.25) is 0 Å². The van der Waals surface area contributed by atoms with E-state index in [0.29, 0.717) is 11.8 Å². The Kier molecular flexibility index (Phi) is 3.94. The van der Waals surface area contributed by atoms with Crippen LogP contribution in [0.1, 0.15) is 32.4 Å². The van der Waals surface area contributed by atoms with Crippen LogP contribution in [0.5, 0.6) is 0 Å². The minimum Gasteiger partial charge on any atom is -0.271 e. The molecular weight excluding hydrogens is 222 g/mol. The SMILES string of the molecule is CC(C)C(C)C(NN)c1cccc2ccncc12. The molecule has 3 N–H and O–H groups in total. The number of hydrazine groups is 1. The molecule has 0 bridgehead atoms. The van der Waals surface area contributed by atoms with Crippen molar-refractivity contribution >= 4 is 10.8 Å². The maximum atomic E-state index is 5.76. The fourth-order valence-electron chi connectivity index (χ4n) is 2.32. The Morgan fingerprint density at radius 2 is 1.94 bits per heavy atom. The number of pyridine rings is 1. The molecule has 0 aliphatic heterocycles. The first-order valence-electron chi connectivity index (χ1n) is 6.44. The van der Waals surface area contributed by atoms with Gasteiger partial charge >= 0.3 is 0 Å². The zero-order valence-corrected chi connectivity index (χ0v) is 11.2. The van der Waals surface area contributed by atoms with E-state index < -0.39 is 0 Å². The van der Waals surface area contributed by atoms with Gasteiger partial charge in [-0.3, -0.25) is 16.3 Å². The largest absolute Gasteiger partial charge is 0.271 e. The lowest BCUT2D eigenvalue weighted by atomic mass is 9.85. The van der Waals surface area contributed by atoms with E-state index in [9.17, 15) is 0 Å². The van der Waals surface area contributed by atoms with Crippen LogP contribution in [0.3, 0.4) is 0 Å². The van der Waals surface area contributed by atoms with Gasteiger partial charge in [0.25, 0.3) is 0 Å². The highest BCUT2D eigenvalue weighted by molar-refractivity contribution is 5.85. The van der Waals surface area contributed by atoms with Crippen molar-refractivity contribution in [2.24, 2.45) is 17.7 Å². The Morgan fingerprint density at radius 3 is 2.61 bits per heavy atom. The van der Waals surface area contributed by atoms with Crippen molar-refractivity contribution in [2.45, 2.75) is 26.8 Å². The molecule has 2 rings (SSSR count). The number of hydrogen-bond donors (Lipinski definition) is 2. The molecule has 1 heterocycles. The van der Waals surface area contributed by atoms with Crippen molar-refractivity contribution in [1.29, 1.82) is 0 Å². The Labute approximate surface area is 108 Å². The van der Waals surface area contributed by atoms with Crippen LogP contribution in [0.2, 0.25) is 0 Å². The summed E-state index contributed by atoms with van der Waals surface area (Å²) in [5.41, 5.74) is 4.19. The van der Waals surface area contributed by atoms with Crippen molar-refractivity contribution in [1.82, 2.24) is 10.4 Å². The average molecular weight is 243 g/mol. The van der Waals surface area contributed by atoms with Gasteiger partial charge in [0, 0.05) is 23.8 Å². The van der Waals surface area contributed by atoms with Crippen LogP contribution >= 0.6 is 0 Å². The molecule has 0 saturated carbocycles. The van der Waals surface area contributed by atoms with Crippen LogP contribution in [0.15, 0.2) is 36.7 Å². The van der Waals surface area contributed by atoms with Crippen molar-refractivity contribution in [3.05, 3.63) is 42.2 Å². The Hall–Kier alpha value is -1.45. The van der Waals surface area contributed by atoms with Crippen LogP contribution in [0.25, 0.3) is 10.8 Å². The highest BCUT2D eigenvalue weighted by atomic mass is 15.2. The molecule has 0 saturated heterocycles. The predicted molar refractivity (Wildman–Crippen MR) is 75.8 cm³/mol. The van der Waals surface area contributed by atoms with Crippen molar-refractivity contribution in [3.8, 4) is 0 Å². The second-order valence-corrected chi connectivity index (χ2v) is 5.19. The van der Waals surface area contributed by atoms with E-state index in [4.69, 9.17) is 5.84 Å². The lowest BCUT2D eigenvalue weighted by molar-refractivity contribution is 0.308. The molecule has 3 nitrogen and oxygen atoms in total. The molecule has 0 amide bonds. The first-order chi connectivity index (χ1) is 8.65. The molecule has 1 aromatic carbocycles. The van der Waals surface area contributed by atoms with E-state index in [1.807, 2.05) is 18.5 Å². The molecule has 2 aromatic rings. The molecule has 0 spiro atoms. The van der Waals surface area contributed by atoms with Gasteiger partial charge in [0.15, 0.2) is 0 Å². The summed E-state index contributed by atoms with van der Waals surface area (Å²) in [6.45, 7) is 6.67. The van der Waals surface area contributed by atoms with Crippen LogP contribution < -0.4 is 11.3 Å². The zero-order valence-electron chi connectivity index (χ0n) is 11.2. The highest BCUT2D eigenvalue weighted by Crippen LogP contribution is 2.31. The fraction of sp³-hybridized carbons (Fsp3) is 0.400. The number of aromatic nitrogens is 1. The zero-order chi connectivity index (χ0) is 13.1. The second-order valence-electron chi connectivity index (χ2n) is 5.19. The number of hydrogen-bond acceptors (Lipinski definition) is 3. The molecule has 96 valence electrons. The summed E-state index contributed by atoms with van der Waals surface area (Å²) in [4.78, 5) is 4.23. The van der Waals surface area contributed by atoms with E-state index >= 15 is 0 Å². The second kappa shape index (κ2) is 5.46. The van der Waals surface area contributed by atoms with Gasteiger partial charge in [-0.25, -0.2) is 0 Å². The summed E-state index contributed by atoms with van der Waals surface area (Å²) in [5.74, 6) is 6.79. The number of fused-ring (bicyclic) bond motifs is 1. The van der Waals surface area contributed by atoms with Gasteiger partial charge in [0.1, 0.15) is 0 Å². The first-order valence-corrected chi connectivity index (χ1v) is 6.44. The minimum absolute atomic E-state index is 0.151. The Morgan fingerprint density at radius 1 is 1.17 bits per heavy atom. The fourth-order valence-corrected chi connectivity index (χ4v) is 2.32. The summed E-state index contributed by atoms with van der Waals surface area (Å²) in [7, 11) is 0. The minimum atomic E-state index is 0.151. The van der Waals surface area contributed by atoms with Gasteiger partial charge in [-0.15, -0.1) is 0 Å². The number of nitrogens with zero attached hydrogens (tertiary/aromatic N) is 1. The maximum Gasteiger partial charge on any atom is 0.0494 e. The molecule has 0 fully saturated rings. The van der Waals surface area contributed by atoms with Crippen molar-refractivity contribution in [2.75, 3.05) is 0 Å². The van der Waals surface area contributed by atoms with Gasteiger partial charge in [-0.1, -0.05) is 39.0 Å². The number of nitrogens with two attached hydrogens (primary N) is 1. The van der Waals surface area contributed by atoms with Gasteiger partial charge < -0.3 is 0 Å². The lowest BCUT2D eigenvalue weighted by Crippen LogP contribution is -2.34. The average Bonchev–Trinajstić information content (AvgIpc) is 2.39. The number of benzene rings is 1. The van der Waals surface area contributed by atoms with Gasteiger partial charge in [-0.05, 0) is 28.9 Å². The summed E-state index contributed by atoms with van der Waals surface area (Å²) in [6.07, 6.45) is 3.74. The van der Waals surface area contributed by atoms with Crippen molar-refractivity contribution in [3.63, 3.8) is 0 Å². The monoisotopic (exact) mass is 243 g/mol. The summed E-state index contributed by atoms with van der Waals surface area (Å²) in [5, 5.41) is 2.38. The van der Waals surface area contributed by atoms with E-state index in [1.54, 1.807) is 0 Å². The van der Waals surface area contributed by atoms with E-state index in [1.165, 1.54) is 16.3 Å². The van der Waals surface area contributed by atoms with Crippen LogP contribution in [-0.2, 0) is 0 Å². The normalized spacial score (nSPS) is 14.9. The van der Waals surface area contributed by atoms with Gasteiger partial charge in [0.05, 0.1) is 0 Å². The Balaban J connectivity index is 2.51. The third-order valence-electron chi connectivity index (χ3n) is 3.81. The standard InChI is InChI=1S/C15H21N3/c1-10(2)11(3)15(18-16)13-6-4-5-12-7-8-17-9-14(12)13/h4-11,15,18H,16H2,1-3H3. The number of rotatable bonds is 4. The summed E-state index contributed by atoms with van der Waals surface area (Å²) >= 11 is 0. The van der Waals surface area contributed by atoms with E-state index in [2.05, 4.69) is 49.4 Å². The summed E-state index contributed by atoms with van der Waals surface area (Å²) < 4.78 is 0. The van der Waals surface area contributed by atoms with Crippen LogP contribution in [0, 0.1) is 11.8 Å². The predicted octanol–water partition coefficient (Wildman–Crippen LogP) is 3.03. The molecule has 0 radical (unpaired) electrons.